The fraction of sp³-hybridized carbons (Fsp3) is 0.222. The summed E-state index contributed by atoms with van der Waals surface area (Å²) in [4.78, 5) is 34.6. The lowest BCUT2D eigenvalue weighted by molar-refractivity contribution is -0.383. The second-order valence-corrected chi connectivity index (χ2v) is 6.21. The molecule has 0 spiro atoms. The number of ether oxygens (including phenoxy) is 1. The lowest BCUT2D eigenvalue weighted by Gasteiger charge is -2.03. The molecule has 1 heterocycles. The van der Waals surface area contributed by atoms with E-state index in [9.17, 15) is 19.7 Å². The Hall–Kier alpha value is -3.13. The summed E-state index contributed by atoms with van der Waals surface area (Å²) in [6, 6.07) is 5.87. The number of carbonyl (C=O) groups excluding carboxylic acids is 2. The zero-order valence-corrected chi connectivity index (χ0v) is 15.3. The van der Waals surface area contributed by atoms with E-state index in [0.29, 0.717) is 22.9 Å². The van der Waals surface area contributed by atoms with E-state index in [4.69, 9.17) is 16.0 Å². The lowest BCUT2D eigenvalue weighted by Crippen LogP contribution is -2.22. The quantitative estimate of drug-likeness (QED) is 0.404. The fourth-order valence-electron chi connectivity index (χ4n) is 2.85. The maximum atomic E-state index is 12.2. The largest absolute Gasteiger partial charge is 0.469 e. The van der Waals surface area contributed by atoms with Crippen LogP contribution in [-0.2, 0) is 16.0 Å². The first-order chi connectivity index (χ1) is 12.8. The summed E-state index contributed by atoms with van der Waals surface area (Å²) in [7, 11) is 1.28. The van der Waals surface area contributed by atoms with Crippen molar-refractivity contribution in [2.75, 3.05) is 13.7 Å². The summed E-state index contributed by atoms with van der Waals surface area (Å²) in [5.74, 6) is -0.888. The third-order valence-electron chi connectivity index (χ3n) is 4.04. The highest BCUT2D eigenvalue weighted by Gasteiger charge is 2.24. The maximum Gasteiger partial charge on any atom is 0.313 e. The Balaban J connectivity index is 2.30. The van der Waals surface area contributed by atoms with Crippen LogP contribution in [0.25, 0.3) is 21.9 Å². The Morgan fingerprint density at radius 1 is 1.22 bits per heavy atom. The van der Waals surface area contributed by atoms with Gasteiger partial charge in [-0.1, -0.05) is 11.6 Å². The lowest BCUT2D eigenvalue weighted by atomic mass is 10.0. The second kappa shape index (κ2) is 7.24. The van der Waals surface area contributed by atoms with Crippen LogP contribution in [0.5, 0.6) is 0 Å². The molecule has 0 unspecified atom stereocenters. The van der Waals surface area contributed by atoms with Gasteiger partial charge < -0.3 is 14.5 Å². The highest BCUT2D eigenvalue weighted by Crippen LogP contribution is 2.39. The van der Waals surface area contributed by atoms with Crippen molar-refractivity contribution in [3.63, 3.8) is 0 Å². The van der Waals surface area contributed by atoms with Crippen LogP contribution in [0.3, 0.4) is 0 Å². The first kappa shape index (κ1) is 18.7. The van der Waals surface area contributed by atoms with Crippen molar-refractivity contribution in [3.05, 3.63) is 50.5 Å². The van der Waals surface area contributed by atoms with E-state index in [2.05, 4.69) is 10.1 Å². The van der Waals surface area contributed by atoms with Gasteiger partial charge in [-0.05, 0) is 30.7 Å². The molecule has 1 N–H and O–H groups in total. The van der Waals surface area contributed by atoms with Gasteiger partial charge in [0.2, 0.25) is 5.58 Å². The minimum atomic E-state index is -0.614. The smallest absolute Gasteiger partial charge is 0.313 e. The Morgan fingerprint density at radius 2 is 1.93 bits per heavy atom. The summed E-state index contributed by atoms with van der Waals surface area (Å²) in [6.45, 7) is 2.13. The van der Waals surface area contributed by atoms with Crippen LogP contribution in [0.4, 0.5) is 5.69 Å². The molecule has 1 aromatic heterocycles. The third kappa shape index (κ3) is 3.43. The number of nitro groups is 1. The Labute approximate surface area is 158 Å². The number of halogens is 1. The number of non-ortho nitro benzene ring substituents is 1. The number of nitro benzene ring substituents is 1. The number of hydrogen-bond donors (Lipinski definition) is 1. The van der Waals surface area contributed by atoms with Crippen LogP contribution in [0.1, 0.15) is 22.8 Å². The molecule has 0 saturated carbocycles. The van der Waals surface area contributed by atoms with Crippen molar-refractivity contribution in [1.29, 1.82) is 0 Å². The molecule has 0 bridgehead atoms. The molecule has 9 heteroatoms. The van der Waals surface area contributed by atoms with E-state index in [1.165, 1.54) is 19.2 Å². The molecule has 0 saturated heterocycles. The van der Waals surface area contributed by atoms with Crippen molar-refractivity contribution >= 4 is 51.1 Å². The molecule has 3 rings (SSSR count). The number of esters is 1. The van der Waals surface area contributed by atoms with Crippen LogP contribution in [0.2, 0.25) is 5.02 Å². The van der Waals surface area contributed by atoms with E-state index in [1.807, 2.05) is 0 Å². The molecule has 0 atom stereocenters. The predicted molar refractivity (Wildman–Crippen MR) is 99.1 cm³/mol. The Morgan fingerprint density at radius 3 is 2.56 bits per heavy atom. The molecule has 0 aliphatic carbocycles. The summed E-state index contributed by atoms with van der Waals surface area (Å²) in [5.41, 5.74) is 0.619. The van der Waals surface area contributed by atoms with Gasteiger partial charge in [-0.3, -0.25) is 19.7 Å². The SMILES string of the molecule is CCNC(=O)c1cc([N+](=O)[O-])c2oc3c(Cl)cc(CC(=O)OC)cc3c2c1. The summed E-state index contributed by atoms with van der Waals surface area (Å²) < 4.78 is 10.3. The van der Waals surface area contributed by atoms with Gasteiger partial charge >= 0.3 is 11.7 Å². The van der Waals surface area contributed by atoms with Crippen LogP contribution < -0.4 is 5.32 Å². The third-order valence-corrected chi connectivity index (χ3v) is 4.32. The average molecular weight is 391 g/mol. The first-order valence-corrected chi connectivity index (χ1v) is 8.41. The monoisotopic (exact) mass is 390 g/mol. The van der Waals surface area contributed by atoms with Crippen molar-refractivity contribution in [3.8, 4) is 0 Å². The molecule has 0 aliphatic heterocycles. The van der Waals surface area contributed by atoms with Crippen molar-refractivity contribution in [2.24, 2.45) is 0 Å². The predicted octanol–water partition coefficient (Wildman–Crippen LogP) is 3.61. The normalized spacial score (nSPS) is 10.9. The number of rotatable bonds is 5. The number of benzene rings is 2. The van der Waals surface area contributed by atoms with Crippen molar-refractivity contribution < 1.29 is 23.7 Å². The molecule has 27 heavy (non-hydrogen) atoms. The Kier molecular flexibility index (Phi) is 5.00. The topological polar surface area (TPSA) is 112 Å². The Bertz CT molecular complexity index is 1090. The van der Waals surface area contributed by atoms with Crippen LogP contribution in [0.15, 0.2) is 28.7 Å². The molecule has 0 aliphatic rings. The first-order valence-electron chi connectivity index (χ1n) is 8.03. The number of hydrogen-bond acceptors (Lipinski definition) is 6. The van der Waals surface area contributed by atoms with Crippen LogP contribution in [0, 0.1) is 10.1 Å². The van der Waals surface area contributed by atoms with E-state index < -0.39 is 16.8 Å². The molecule has 2 aromatic carbocycles. The van der Waals surface area contributed by atoms with Gasteiger partial charge in [0, 0.05) is 28.9 Å². The van der Waals surface area contributed by atoms with Gasteiger partial charge in [-0.15, -0.1) is 0 Å². The number of carbonyl (C=O) groups is 2. The highest BCUT2D eigenvalue weighted by molar-refractivity contribution is 6.36. The minimum Gasteiger partial charge on any atom is -0.469 e. The molecular weight excluding hydrogens is 376 g/mol. The molecule has 0 radical (unpaired) electrons. The van der Waals surface area contributed by atoms with Crippen molar-refractivity contribution in [2.45, 2.75) is 13.3 Å². The van der Waals surface area contributed by atoms with Crippen molar-refractivity contribution in [1.82, 2.24) is 5.32 Å². The average Bonchev–Trinajstić information content (AvgIpc) is 3.00. The van der Waals surface area contributed by atoms with Gasteiger partial charge in [0.1, 0.15) is 0 Å². The number of fused-ring (bicyclic) bond motifs is 3. The summed E-state index contributed by atoms with van der Waals surface area (Å²) in [6.07, 6.45) is -0.0169. The standard InChI is InChI=1S/C18H15ClN2O6/c1-3-20-18(23)10-7-12-11-4-9(6-15(22)26-2)5-13(19)16(11)27-17(12)14(8-10)21(24)25/h4-5,7-8H,3,6H2,1-2H3,(H,20,23). The highest BCUT2D eigenvalue weighted by atomic mass is 35.5. The van der Waals surface area contributed by atoms with Gasteiger partial charge in [-0.25, -0.2) is 0 Å². The molecule has 140 valence electrons. The van der Waals surface area contributed by atoms with E-state index in [-0.39, 0.29) is 33.9 Å². The fourth-order valence-corrected chi connectivity index (χ4v) is 3.13. The zero-order chi connectivity index (χ0) is 19.7. The molecule has 0 fully saturated rings. The van der Waals surface area contributed by atoms with E-state index >= 15 is 0 Å². The van der Waals surface area contributed by atoms with Gasteiger partial charge in [0.05, 0.1) is 23.5 Å². The maximum absolute atomic E-state index is 12.2. The van der Waals surface area contributed by atoms with Crippen LogP contribution in [-0.4, -0.2) is 30.5 Å². The molecule has 1 amide bonds. The molecular formula is C18H15ClN2O6. The van der Waals surface area contributed by atoms with Crippen LogP contribution >= 0.6 is 11.6 Å². The minimum absolute atomic E-state index is 0.0140. The number of nitrogens with zero attached hydrogens (tertiary/aromatic N) is 1. The van der Waals surface area contributed by atoms with Gasteiger partial charge in [0.15, 0.2) is 5.58 Å². The number of furan rings is 1. The van der Waals surface area contributed by atoms with Gasteiger partial charge in [-0.2, -0.15) is 0 Å². The number of methoxy groups -OCH3 is 1. The number of nitrogens with one attached hydrogen (secondary N) is 1. The molecule has 3 aromatic rings. The van der Waals surface area contributed by atoms with E-state index in [1.54, 1.807) is 19.1 Å². The molecule has 8 nitrogen and oxygen atoms in total. The number of amides is 1. The van der Waals surface area contributed by atoms with E-state index in [0.717, 1.165) is 0 Å². The zero-order valence-electron chi connectivity index (χ0n) is 14.5. The second-order valence-electron chi connectivity index (χ2n) is 5.80. The van der Waals surface area contributed by atoms with Gasteiger partial charge in [0.25, 0.3) is 5.91 Å². The summed E-state index contributed by atoms with van der Waals surface area (Å²) in [5, 5.41) is 15.1. The summed E-state index contributed by atoms with van der Waals surface area (Å²) >= 11 is 6.25.